The molecule has 6 rings (SSSR count). The van der Waals surface area contributed by atoms with Crippen LogP contribution < -0.4 is 25.6 Å². The number of amides is 3. The number of hydrogen-bond donors (Lipinski definition) is 3. The summed E-state index contributed by atoms with van der Waals surface area (Å²) < 4.78 is 11.3. The highest BCUT2D eigenvalue weighted by Crippen LogP contribution is 2.45. The van der Waals surface area contributed by atoms with E-state index in [1.165, 1.54) is 11.3 Å². The Hall–Kier alpha value is -3.29. The smallest absolute Gasteiger partial charge is 0.331 e. The maximum Gasteiger partial charge on any atom is 0.331 e. The molecule has 0 aliphatic carbocycles. The minimum absolute atomic E-state index is 0. The number of aromatic nitrogens is 1. The van der Waals surface area contributed by atoms with Crippen LogP contribution in [0.5, 0.6) is 11.5 Å². The summed E-state index contributed by atoms with van der Waals surface area (Å²) >= 11 is 1.26. The van der Waals surface area contributed by atoms with Crippen molar-refractivity contribution in [3.05, 3.63) is 71.7 Å². The van der Waals surface area contributed by atoms with Gasteiger partial charge in [-0.25, -0.2) is 9.78 Å². The SMILES string of the molecule is CO[C@H]1CNC[C@@H]1NC(=O)c1sc2nccc3c2c1NC(=O)N3c1ccc(Oc2ccccc2)cc1.S.S.[HH]. The molecule has 0 saturated carbocycles. The molecule has 2 aromatic heterocycles. The predicted octanol–water partition coefficient (Wildman–Crippen LogP) is 4.96. The second kappa shape index (κ2) is 11.6. The highest BCUT2D eigenvalue weighted by Gasteiger charge is 2.34. The molecule has 0 spiro atoms. The molecule has 4 heterocycles. The maximum atomic E-state index is 13.3. The fourth-order valence-electron chi connectivity index (χ4n) is 4.57. The van der Waals surface area contributed by atoms with Gasteiger partial charge >= 0.3 is 6.03 Å². The summed E-state index contributed by atoms with van der Waals surface area (Å²) in [7, 11) is 1.63. The van der Waals surface area contributed by atoms with Gasteiger partial charge in [-0.05, 0) is 42.5 Å². The fraction of sp³-hybridized carbons (Fsp3) is 0.192. The van der Waals surface area contributed by atoms with Crippen molar-refractivity contribution in [1.29, 1.82) is 0 Å². The molecular weight excluding hydrogens is 543 g/mol. The lowest BCUT2D eigenvalue weighted by Crippen LogP contribution is -2.43. The number of pyridine rings is 1. The third kappa shape index (κ3) is 5.05. The van der Waals surface area contributed by atoms with Gasteiger partial charge in [-0.3, -0.25) is 9.69 Å². The molecule has 3 N–H and O–H groups in total. The van der Waals surface area contributed by atoms with Gasteiger partial charge in [-0.2, -0.15) is 27.0 Å². The highest BCUT2D eigenvalue weighted by molar-refractivity contribution is 7.59. The monoisotopic (exact) mass is 571 g/mol. The molecule has 2 aromatic carbocycles. The molecule has 0 bridgehead atoms. The number of para-hydroxylation sites is 1. The van der Waals surface area contributed by atoms with Gasteiger partial charge in [-0.15, -0.1) is 11.3 Å². The first-order chi connectivity index (χ1) is 17.6. The number of anilines is 3. The number of benzene rings is 2. The molecule has 38 heavy (non-hydrogen) atoms. The minimum Gasteiger partial charge on any atom is -0.457 e. The van der Waals surface area contributed by atoms with Gasteiger partial charge in [0.2, 0.25) is 0 Å². The molecule has 3 amide bonds. The van der Waals surface area contributed by atoms with E-state index in [4.69, 9.17) is 9.47 Å². The third-order valence-electron chi connectivity index (χ3n) is 6.30. The van der Waals surface area contributed by atoms with Crippen LogP contribution in [-0.2, 0) is 4.74 Å². The maximum absolute atomic E-state index is 13.3. The van der Waals surface area contributed by atoms with E-state index in [9.17, 15) is 9.59 Å². The van der Waals surface area contributed by atoms with Crippen LogP contribution in [0.15, 0.2) is 66.9 Å². The fourth-order valence-corrected chi connectivity index (χ4v) is 5.59. The van der Waals surface area contributed by atoms with Gasteiger partial charge < -0.3 is 25.4 Å². The second-order valence-electron chi connectivity index (χ2n) is 8.50. The van der Waals surface area contributed by atoms with Crippen molar-refractivity contribution in [2.75, 3.05) is 30.4 Å². The van der Waals surface area contributed by atoms with Crippen molar-refractivity contribution >= 4 is 77.5 Å². The van der Waals surface area contributed by atoms with E-state index in [1.807, 2.05) is 54.6 Å². The van der Waals surface area contributed by atoms with E-state index < -0.39 is 0 Å². The predicted molar refractivity (Wildman–Crippen MR) is 162 cm³/mol. The van der Waals surface area contributed by atoms with E-state index in [0.717, 1.165) is 11.1 Å². The van der Waals surface area contributed by atoms with Gasteiger partial charge in [0, 0.05) is 27.8 Å². The Morgan fingerprint density at radius 1 is 1.08 bits per heavy atom. The molecule has 2 aliphatic heterocycles. The number of thiophene rings is 1. The van der Waals surface area contributed by atoms with E-state index in [2.05, 4.69) is 20.9 Å². The zero-order chi connectivity index (χ0) is 24.6. The van der Waals surface area contributed by atoms with Crippen molar-refractivity contribution in [2.24, 2.45) is 0 Å². The molecule has 2 atom stereocenters. The van der Waals surface area contributed by atoms with Crippen molar-refractivity contribution in [3.63, 3.8) is 0 Å². The Kier molecular flexibility index (Phi) is 8.48. The quantitative estimate of drug-likeness (QED) is 0.302. The molecule has 0 radical (unpaired) electrons. The van der Waals surface area contributed by atoms with Crippen LogP contribution in [0.4, 0.5) is 21.9 Å². The number of nitrogens with one attached hydrogen (secondary N) is 3. The van der Waals surface area contributed by atoms with Crippen molar-refractivity contribution < 1.29 is 20.5 Å². The number of hydrogen-bond acceptors (Lipinski definition) is 7. The Morgan fingerprint density at radius 2 is 1.82 bits per heavy atom. The number of carbonyl (C=O) groups is 2. The van der Waals surface area contributed by atoms with E-state index in [0.29, 0.717) is 45.6 Å². The molecule has 1 fully saturated rings. The largest absolute Gasteiger partial charge is 0.457 e. The van der Waals surface area contributed by atoms with Crippen LogP contribution in [-0.4, -0.2) is 49.3 Å². The van der Waals surface area contributed by atoms with Gasteiger partial charge in [-0.1, -0.05) is 18.2 Å². The topological polar surface area (TPSA) is 105 Å². The molecule has 1 saturated heterocycles. The first-order valence-corrected chi connectivity index (χ1v) is 12.3. The van der Waals surface area contributed by atoms with Gasteiger partial charge in [0.05, 0.1) is 34.6 Å². The number of urea groups is 1. The van der Waals surface area contributed by atoms with Crippen molar-refractivity contribution in [1.82, 2.24) is 15.6 Å². The highest BCUT2D eigenvalue weighted by atomic mass is 32.1. The molecular formula is C26H29N5O4S3. The van der Waals surface area contributed by atoms with Crippen LogP contribution in [0.25, 0.3) is 10.2 Å². The van der Waals surface area contributed by atoms with Crippen LogP contribution in [0.2, 0.25) is 0 Å². The average molecular weight is 572 g/mol. The lowest BCUT2D eigenvalue weighted by atomic mass is 10.1. The first-order valence-electron chi connectivity index (χ1n) is 11.5. The van der Waals surface area contributed by atoms with E-state index in [1.54, 1.807) is 24.3 Å². The first kappa shape index (κ1) is 27.7. The van der Waals surface area contributed by atoms with Crippen molar-refractivity contribution in [2.45, 2.75) is 12.1 Å². The summed E-state index contributed by atoms with van der Waals surface area (Å²) in [5, 5.41) is 9.92. The summed E-state index contributed by atoms with van der Waals surface area (Å²) in [6, 6.07) is 18.1. The van der Waals surface area contributed by atoms with E-state index in [-0.39, 0.29) is 52.5 Å². The Balaban J connectivity index is 0.00000140. The molecule has 4 aromatic rings. The average Bonchev–Trinajstić information content (AvgIpc) is 3.50. The lowest BCUT2D eigenvalue weighted by molar-refractivity contribution is 0.0783. The third-order valence-corrected chi connectivity index (χ3v) is 7.40. The summed E-state index contributed by atoms with van der Waals surface area (Å²) in [5.74, 6) is 1.13. The number of nitrogens with zero attached hydrogens (tertiary/aromatic N) is 2. The van der Waals surface area contributed by atoms with Crippen LogP contribution in [0.1, 0.15) is 11.1 Å². The van der Waals surface area contributed by atoms with Crippen molar-refractivity contribution in [3.8, 4) is 11.5 Å². The Labute approximate surface area is 238 Å². The molecule has 12 heteroatoms. The number of rotatable bonds is 6. The van der Waals surface area contributed by atoms with Gasteiger partial charge in [0.1, 0.15) is 21.2 Å². The van der Waals surface area contributed by atoms with Crippen LogP contribution in [0, 0.1) is 0 Å². The summed E-state index contributed by atoms with van der Waals surface area (Å²) in [6.45, 7) is 1.30. The molecule has 200 valence electrons. The standard InChI is InChI=1S/C26H23N5O4S.2H2S.H2/c1-34-20-14-27-13-18(20)29-24(32)23-22-21-19(11-12-28-25(21)36-23)31(26(33)30-22)15-7-9-17(10-8-15)35-16-5-3-2-4-6-16;;;/h2-12,18,20,27H,13-14H2,1H3,(H,29,32)(H,30,33);2*1H2;1H/t18-,20-;;;/m0.../s1. The van der Waals surface area contributed by atoms with Crippen LogP contribution >= 0.6 is 38.3 Å². The number of ether oxygens (including phenoxy) is 2. The summed E-state index contributed by atoms with van der Waals surface area (Å²) in [4.78, 5) is 33.6. The zero-order valence-corrected chi connectivity index (χ0v) is 23.2. The second-order valence-corrected chi connectivity index (χ2v) is 9.50. The molecule has 0 unspecified atom stereocenters. The van der Waals surface area contributed by atoms with E-state index >= 15 is 0 Å². The van der Waals surface area contributed by atoms with Gasteiger partial charge in [0.15, 0.2) is 0 Å². The van der Waals surface area contributed by atoms with Gasteiger partial charge in [0.25, 0.3) is 5.91 Å². The minimum atomic E-state index is -0.350. The summed E-state index contributed by atoms with van der Waals surface area (Å²) in [5.41, 5.74) is 1.83. The van der Waals surface area contributed by atoms with Crippen LogP contribution in [0.3, 0.4) is 0 Å². The Bertz CT molecular complexity index is 1460. The molecule has 9 nitrogen and oxygen atoms in total. The number of carbonyl (C=O) groups excluding carboxylic acids is 2. The number of methoxy groups -OCH3 is 1. The molecule has 2 aliphatic rings. The summed E-state index contributed by atoms with van der Waals surface area (Å²) in [6.07, 6.45) is 1.55. The Morgan fingerprint density at radius 3 is 2.55 bits per heavy atom. The lowest BCUT2D eigenvalue weighted by Gasteiger charge is -2.28. The normalized spacial score (nSPS) is 17.8. The zero-order valence-electron chi connectivity index (χ0n) is 20.4.